The van der Waals surface area contributed by atoms with Gasteiger partial charge in [0.15, 0.2) is 11.5 Å². The molecule has 1 amide bonds. The molecule has 0 radical (unpaired) electrons. The molecule has 2 N–H and O–H groups in total. The molecule has 9 heteroatoms. The lowest BCUT2D eigenvalue weighted by Gasteiger charge is -2.12. The van der Waals surface area contributed by atoms with E-state index in [1.54, 1.807) is 32.3 Å². The Bertz CT molecular complexity index is 1220. The standard InChI is InChI=1S/C21H17ClN6O2/c1-28(2)21(29)13-8-9-14(15(22)10-13)16-11-24-18(23)17(25-16)20-27-26-19(30-20)12-6-4-3-5-7-12/h3-11H,1-2H3,(H2,23,24). The number of aromatic nitrogens is 4. The second-order valence-corrected chi connectivity index (χ2v) is 7.07. The lowest BCUT2D eigenvalue weighted by molar-refractivity contribution is 0.0827. The number of carbonyl (C=O) groups excluding carboxylic acids is 1. The molecule has 2 aromatic heterocycles. The number of nitrogens with two attached hydrogens (primary N) is 1. The number of nitrogens with zero attached hydrogens (tertiary/aromatic N) is 5. The third kappa shape index (κ3) is 3.72. The zero-order valence-corrected chi connectivity index (χ0v) is 17.0. The fourth-order valence-corrected chi connectivity index (χ4v) is 3.09. The predicted octanol–water partition coefficient (Wildman–Crippen LogP) is 3.80. The van der Waals surface area contributed by atoms with Crippen molar-refractivity contribution in [1.29, 1.82) is 0 Å². The average Bonchev–Trinajstić information content (AvgIpc) is 3.24. The summed E-state index contributed by atoms with van der Waals surface area (Å²) >= 11 is 6.41. The van der Waals surface area contributed by atoms with Crippen molar-refractivity contribution in [3.05, 3.63) is 65.3 Å². The van der Waals surface area contributed by atoms with Gasteiger partial charge in [-0.2, -0.15) is 0 Å². The first-order valence-corrected chi connectivity index (χ1v) is 9.35. The first-order valence-electron chi connectivity index (χ1n) is 8.97. The highest BCUT2D eigenvalue weighted by molar-refractivity contribution is 6.33. The normalized spacial score (nSPS) is 10.8. The quantitative estimate of drug-likeness (QED) is 0.534. The summed E-state index contributed by atoms with van der Waals surface area (Å²) in [6, 6.07) is 14.4. The first-order chi connectivity index (χ1) is 14.4. The van der Waals surface area contributed by atoms with E-state index in [1.807, 2.05) is 30.3 Å². The van der Waals surface area contributed by atoms with Crippen LogP contribution in [0.4, 0.5) is 5.82 Å². The van der Waals surface area contributed by atoms with Crippen LogP contribution >= 0.6 is 11.6 Å². The fourth-order valence-electron chi connectivity index (χ4n) is 2.82. The number of rotatable bonds is 4. The summed E-state index contributed by atoms with van der Waals surface area (Å²) in [5, 5.41) is 8.48. The summed E-state index contributed by atoms with van der Waals surface area (Å²) in [4.78, 5) is 22.3. The van der Waals surface area contributed by atoms with Gasteiger partial charge in [0.1, 0.15) is 0 Å². The number of hydrogen-bond acceptors (Lipinski definition) is 7. The second kappa shape index (κ2) is 7.92. The van der Waals surface area contributed by atoms with Crippen LogP contribution in [0, 0.1) is 0 Å². The van der Waals surface area contributed by atoms with Crippen LogP contribution in [0.3, 0.4) is 0 Å². The maximum absolute atomic E-state index is 12.1. The maximum atomic E-state index is 12.1. The van der Waals surface area contributed by atoms with Gasteiger partial charge in [0, 0.05) is 30.8 Å². The van der Waals surface area contributed by atoms with Gasteiger partial charge in [-0.05, 0) is 24.3 Å². The van der Waals surface area contributed by atoms with Gasteiger partial charge < -0.3 is 15.1 Å². The highest BCUT2D eigenvalue weighted by Crippen LogP contribution is 2.31. The van der Waals surface area contributed by atoms with E-state index >= 15 is 0 Å². The van der Waals surface area contributed by atoms with Crippen molar-refractivity contribution in [3.63, 3.8) is 0 Å². The van der Waals surface area contributed by atoms with Crippen molar-refractivity contribution in [2.75, 3.05) is 19.8 Å². The van der Waals surface area contributed by atoms with E-state index in [-0.39, 0.29) is 23.3 Å². The van der Waals surface area contributed by atoms with E-state index in [2.05, 4.69) is 20.2 Å². The van der Waals surface area contributed by atoms with E-state index in [9.17, 15) is 4.79 Å². The van der Waals surface area contributed by atoms with Crippen molar-refractivity contribution in [2.24, 2.45) is 0 Å². The molecular weight excluding hydrogens is 404 g/mol. The highest BCUT2D eigenvalue weighted by Gasteiger charge is 2.18. The van der Waals surface area contributed by atoms with Crippen molar-refractivity contribution in [1.82, 2.24) is 25.1 Å². The molecule has 2 heterocycles. The number of halogens is 1. The fraction of sp³-hybridized carbons (Fsp3) is 0.0952. The monoisotopic (exact) mass is 420 g/mol. The molecule has 0 atom stereocenters. The summed E-state index contributed by atoms with van der Waals surface area (Å²) in [5.74, 6) is 0.502. The van der Waals surface area contributed by atoms with Crippen LogP contribution in [0.25, 0.3) is 34.3 Å². The molecule has 150 valence electrons. The minimum atomic E-state index is -0.146. The van der Waals surface area contributed by atoms with Gasteiger partial charge in [-0.15, -0.1) is 10.2 Å². The number of carbonyl (C=O) groups is 1. The predicted molar refractivity (Wildman–Crippen MR) is 114 cm³/mol. The largest absolute Gasteiger partial charge is 0.414 e. The van der Waals surface area contributed by atoms with Gasteiger partial charge in [-0.1, -0.05) is 35.9 Å². The van der Waals surface area contributed by atoms with E-state index in [0.717, 1.165) is 5.56 Å². The molecule has 2 aromatic carbocycles. The lowest BCUT2D eigenvalue weighted by Crippen LogP contribution is -2.21. The molecule has 8 nitrogen and oxygen atoms in total. The molecule has 0 spiro atoms. The molecule has 0 unspecified atom stereocenters. The van der Waals surface area contributed by atoms with Crippen LogP contribution in [0.1, 0.15) is 10.4 Å². The van der Waals surface area contributed by atoms with Crippen LogP contribution < -0.4 is 5.73 Å². The molecule has 0 bridgehead atoms. The Morgan fingerprint density at radius 3 is 2.50 bits per heavy atom. The zero-order chi connectivity index (χ0) is 21.3. The summed E-state index contributed by atoms with van der Waals surface area (Å²) in [6.07, 6.45) is 1.50. The topological polar surface area (TPSA) is 111 Å². The lowest BCUT2D eigenvalue weighted by atomic mass is 10.1. The van der Waals surface area contributed by atoms with Crippen LogP contribution in [0.5, 0.6) is 0 Å². The van der Waals surface area contributed by atoms with Crippen molar-refractivity contribution >= 4 is 23.3 Å². The van der Waals surface area contributed by atoms with Gasteiger partial charge in [-0.3, -0.25) is 4.79 Å². The smallest absolute Gasteiger partial charge is 0.270 e. The first kappa shape index (κ1) is 19.5. The second-order valence-electron chi connectivity index (χ2n) is 6.66. The van der Waals surface area contributed by atoms with Crippen molar-refractivity contribution in [3.8, 4) is 34.3 Å². The minimum Gasteiger partial charge on any atom is -0.414 e. The van der Waals surface area contributed by atoms with E-state index in [4.69, 9.17) is 21.8 Å². The molecule has 0 fully saturated rings. The number of amides is 1. The molecule has 30 heavy (non-hydrogen) atoms. The Balaban J connectivity index is 1.71. The Hall–Kier alpha value is -3.78. The summed E-state index contributed by atoms with van der Waals surface area (Å²) in [7, 11) is 3.35. The van der Waals surface area contributed by atoms with E-state index in [1.165, 1.54) is 11.1 Å². The average molecular weight is 421 g/mol. The Labute approximate surface area is 177 Å². The molecule has 0 aliphatic rings. The van der Waals surface area contributed by atoms with Crippen LogP contribution in [-0.4, -0.2) is 45.1 Å². The third-order valence-electron chi connectivity index (χ3n) is 4.35. The van der Waals surface area contributed by atoms with Gasteiger partial charge >= 0.3 is 0 Å². The summed E-state index contributed by atoms with van der Waals surface area (Å²) in [6.45, 7) is 0. The Kier molecular flexibility index (Phi) is 5.16. The number of anilines is 1. The maximum Gasteiger partial charge on any atom is 0.270 e. The molecular formula is C21H17ClN6O2. The van der Waals surface area contributed by atoms with Crippen LogP contribution in [-0.2, 0) is 0 Å². The molecule has 0 saturated carbocycles. The molecule has 0 saturated heterocycles. The zero-order valence-electron chi connectivity index (χ0n) is 16.2. The molecule has 4 aromatic rings. The van der Waals surface area contributed by atoms with Gasteiger partial charge in [0.05, 0.1) is 16.9 Å². The number of hydrogen-bond donors (Lipinski definition) is 1. The number of benzene rings is 2. The minimum absolute atomic E-state index is 0.146. The highest BCUT2D eigenvalue weighted by atomic mass is 35.5. The van der Waals surface area contributed by atoms with Gasteiger partial charge in [0.2, 0.25) is 5.89 Å². The summed E-state index contributed by atoms with van der Waals surface area (Å²) < 4.78 is 5.75. The van der Waals surface area contributed by atoms with Crippen molar-refractivity contribution in [2.45, 2.75) is 0 Å². The van der Waals surface area contributed by atoms with Crippen LogP contribution in [0.15, 0.2) is 59.1 Å². The van der Waals surface area contributed by atoms with Gasteiger partial charge in [0.25, 0.3) is 11.8 Å². The van der Waals surface area contributed by atoms with Crippen molar-refractivity contribution < 1.29 is 9.21 Å². The summed E-state index contributed by atoms with van der Waals surface area (Å²) in [5.41, 5.74) is 8.57. The van der Waals surface area contributed by atoms with E-state index in [0.29, 0.717) is 27.7 Å². The number of nitrogen functional groups attached to an aromatic ring is 1. The Morgan fingerprint density at radius 2 is 1.80 bits per heavy atom. The van der Waals surface area contributed by atoms with Crippen LogP contribution in [0.2, 0.25) is 5.02 Å². The molecule has 4 rings (SSSR count). The molecule has 0 aliphatic carbocycles. The van der Waals surface area contributed by atoms with E-state index < -0.39 is 0 Å². The SMILES string of the molecule is CN(C)C(=O)c1ccc(-c2cnc(N)c(-c3nnc(-c4ccccc4)o3)n2)c(Cl)c1. The molecule has 0 aliphatic heterocycles. The third-order valence-corrected chi connectivity index (χ3v) is 4.66. The Morgan fingerprint density at radius 1 is 1.07 bits per heavy atom. The van der Waals surface area contributed by atoms with Gasteiger partial charge in [-0.25, -0.2) is 9.97 Å².